The highest BCUT2D eigenvalue weighted by atomic mass is 16.5. The van der Waals surface area contributed by atoms with Crippen LogP contribution in [0.1, 0.15) is 12.8 Å². The highest BCUT2D eigenvalue weighted by Gasteiger charge is 2.35. The number of nitrogens with zero attached hydrogens (tertiary/aromatic N) is 2. The van der Waals surface area contributed by atoms with E-state index in [4.69, 9.17) is 10.5 Å². The molecule has 0 radical (unpaired) electrons. The molecule has 2 atom stereocenters. The SMILES string of the molecule is COc1ccc2nccc(NC(=O)[C@@]3(O)C=C[C@@H](N)CC3)c2n1. The van der Waals surface area contributed by atoms with Gasteiger partial charge in [-0.25, -0.2) is 4.98 Å². The number of anilines is 1. The molecule has 0 saturated carbocycles. The standard InChI is InChI=1S/C16H18N4O3/c1-23-13-3-2-11-14(20-13)12(6-9-18-11)19-15(21)16(22)7-4-10(17)5-8-16/h2-4,6-7,9-10,22H,5,8,17H2,1H3,(H,18,19,21)/t10-,16-/m1/s1. The first kappa shape index (κ1) is 15.4. The lowest BCUT2D eigenvalue weighted by Gasteiger charge is -2.28. The average molecular weight is 314 g/mol. The summed E-state index contributed by atoms with van der Waals surface area (Å²) in [6, 6.07) is 4.95. The van der Waals surface area contributed by atoms with Crippen LogP contribution in [0.15, 0.2) is 36.5 Å². The van der Waals surface area contributed by atoms with Gasteiger partial charge in [0.25, 0.3) is 5.91 Å². The molecule has 1 aliphatic rings. The number of aliphatic hydroxyl groups is 1. The van der Waals surface area contributed by atoms with Crippen molar-refractivity contribution in [2.75, 3.05) is 12.4 Å². The van der Waals surface area contributed by atoms with Gasteiger partial charge in [-0.2, -0.15) is 0 Å². The van der Waals surface area contributed by atoms with Crippen LogP contribution < -0.4 is 15.8 Å². The van der Waals surface area contributed by atoms with E-state index in [9.17, 15) is 9.90 Å². The maximum Gasteiger partial charge on any atom is 0.260 e. The molecule has 0 unspecified atom stereocenters. The second kappa shape index (κ2) is 5.94. The predicted octanol–water partition coefficient (Wildman–Crippen LogP) is 0.985. The first-order valence-electron chi connectivity index (χ1n) is 7.30. The summed E-state index contributed by atoms with van der Waals surface area (Å²) in [6.45, 7) is 0. The summed E-state index contributed by atoms with van der Waals surface area (Å²) in [5, 5.41) is 13.2. The number of aromatic nitrogens is 2. The first-order chi connectivity index (χ1) is 11.0. The minimum atomic E-state index is -1.57. The molecular weight excluding hydrogens is 296 g/mol. The van der Waals surface area contributed by atoms with Gasteiger partial charge < -0.3 is 20.9 Å². The number of amides is 1. The van der Waals surface area contributed by atoms with E-state index >= 15 is 0 Å². The van der Waals surface area contributed by atoms with Crippen LogP contribution in [0.25, 0.3) is 11.0 Å². The van der Waals surface area contributed by atoms with E-state index < -0.39 is 11.5 Å². The smallest absolute Gasteiger partial charge is 0.260 e. The van der Waals surface area contributed by atoms with Crippen molar-refractivity contribution in [1.29, 1.82) is 0 Å². The summed E-state index contributed by atoms with van der Waals surface area (Å²) < 4.78 is 5.10. The second-order valence-corrected chi connectivity index (χ2v) is 5.52. The second-order valence-electron chi connectivity index (χ2n) is 5.52. The number of nitrogens with two attached hydrogens (primary N) is 1. The summed E-state index contributed by atoms with van der Waals surface area (Å²) in [5.41, 5.74) is 5.78. The number of carbonyl (C=O) groups is 1. The highest BCUT2D eigenvalue weighted by molar-refractivity contribution is 6.03. The Kier molecular flexibility index (Phi) is 3.97. The molecule has 0 spiro atoms. The lowest BCUT2D eigenvalue weighted by Crippen LogP contribution is -2.44. The summed E-state index contributed by atoms with van der Waals surface area (Å²) >= 11 is 0. The molecule has 0 aliphatic heterocycles. The Labute approximate surface area is 133 Å². The Balaban J connectivity index is 1.92. The topological polar surface area (TPSA) is 110 Å². The number of pyridine rings is 2. The van der Waals surface area contributed by atoms with Gasteiger partial charge in [0, 0.05) is 18.3 Å². The molecule has 7 nitrogen and oxygen atoms in total. The first-order valence-corrected chi connectivity index (χ1v) is 7.30. The lowest BCUT2D eigenvalue weighted by molar-refractivity contribution is -0.130. The van der Waals surface area contributed by atoms with Gasteiger partial charge in [0.05, 0.1) is 18.3 Å². The molecule has 0 aromatic carbocycles. The third kappa shape index (κ3) is 3.01. The Morgan fingerprint density at radius 1 is 1.48 bits per heavy atom. The van der Waals surface area contributed by atoms with E-state index in [-0.39, 0.29) is 12.5 Å². The fraction of sp³-hybridized carbons (Fsp3) is 0.312. The maximum absolute atomic E-state index is 12.5. The fourth-order valence-corrected chi connectivity index (χ4v) is 2.49. The monoisotopic (exact) mass is 314 g/mol. The molecule has 4 N–H and O–H groups in total. The molecule has 120 valence electrons. The predicted molar refractivity (Wildman–Crippen MR) is 86.0 cm³/mol. The summed E-state index contributed by atoms with van der Waals surface area (Å²) in [4.78, 5) is 21.0. The van der Waals surface area contributed by atoms with Crippen molar-refractivity contribution in [3.63, 3.8) is 0 Å². The molecule has 23 heavy (non-hydrogen) atoms. The molecular formula is C16H18N4O3. The van der Waals surface area contributed by atoms with Gasteiger partial charge in [0.1, 0.15) is 5.52 Å². The highest BCUT2D eigenvalue weighted by Crippen LogP contribution is 2.26. The normalized spacial score (nSPS) is 23.7. The van der Waals surface area contributed by atoms with Gasteiger partial charge in [-0.1, -0.05) is 6.08 Å². The molecule has 1 aliphatic carbocycles. The average Bonchev–Trinajstić information content (AvgIpc) is 2.57. The number of fused-ring (bicyclic) bond motifs is 1. The Morgan fingerprint density at radius 3 is 3.00 bits per heavy atom. The Bertz CT molecular complexity index is 777. The number of methoxy groups -OCH3 is 1. The van der Waals surface area contributed by atoms with Gasteiger partial charge >= 0.3 is 0 Å². The maximum atomic E-state index is 12.5. The van der Waals surface area contributed by atoms with Crippen LogP contribution in [-0.2, 0) is 4.79 Å². The van der Waals surface area contributed by atoms with E-state index in [2.05, 4.69) is 15.3 Å². The zero-order chi connectivity index (χ0) is 16.4. The van der Waals surface area contributed by atoms with Gasteiger partial charge in [-0.05, 0) is 31.1 Å². The van der Waals surface area contributed by atoms with Gasteiger partial charge in [-0.15, -0.1) is 0 Å². The van der Waals surface area contributed by atoms with Crippen molar-refractivity contribution >= 4 is 22.6 Å². The number of rotatable bonds is 3. The van der Waals surface area contributed by atoms with Crippen molar-refractivity contribution in [3.8, 4) is 5.88 Å². The van der Waals surface area contributed by atoms with Crippen molar-refractivity contribution < 1.29 is 14.6 Å². The zero-order valence-corrected chi connectivity index (χ0v) is 12.7. The summed E-state index contributed by atoms with van der Waals surface area (Å²) in [7, 11) is 1.52. The molecule has 3 rings (SSSR count). The molecule has 2 aromatic rings. The molecule has 0 bridgehead atoms. The van der Waals surface area contributed by atoms with Crippen LogP contribution >= 0.6 is 0 Å². The van der Waals surface area contributed by atoms with Crippen molar-refractivity contribution in [3.05, 3.63) is 36.5 Å². The Hall–Kier alpha value is -2.51. The molecule has 7 heteroatoms. The minimum absolute atomic E-state index is 0.129. The van der Waals surface area contributed by atoms with E-state index in [1.807, 2.05) is 0 Å². The largest absolute Gasteiger partial charge is 0.481 e. The molecule has 2 aromatic heterocycles. The molecule has 2 heterocycles. The van der Waals surface area contributed by atoms with E-state index in [1.165, 1.54) is 13.2 Å². The number of hydrogen-bond donors (Lipinski definition) is 3. The van der Waals surface area contributed by atoms with E-state index in [1.54, 1.807) is 30.5 Å². The third-order valence-corrected chi connectivity index (χ3v) is 3.89. The van der Waals surface area contributed by atoms with Crippen LogP contribution in [0.3, 0.4) is 0 Å². The van der Waals surface area contributed by atoms with Crippen molar-refractivity contribution in [2.45, 2.75) is 24.5 Å². The lowest BCUT2D eigenvalue weighted by atomic mass is 9.88. The van der Waals surface area contributed by atoms with Gasteiger partial charge in [0.2, 0.25) is 5.88 Å². The van der Waals surface area contributed by atoms with Crippen LogP contribution in [0.2, 0.25) is 0 Å². The molecule has 0 saturated heterocycles. The van der Waals surface area contributed by atoms with Crippen LogP contribution in [0.4, 0.5) is 5.69 Å². The number of hydrogen-bond acceptors (Lipinski definition) is 6. The number of nitrogens with one attached hydrogen (secondary N) is 1. The fourth-order valence-electron chi connectivity index (χ4n) is 2.49. The van der Waals surface area contributed by atoms with Crippen molar-refractivity contribution in [2.24, 2.45) is 5.73 Å². The minimum Gasteiger partial charge on any atom is -0.481 e. The zero-order valence-electron chi connectivity index (χ0n) is 12.7. The number of carbonyl (C=O) groups excluding carboxylic acids is 1. The van der Waals surface area contributed by atoms with Gasteiger partial charge in [0.15, 0.2) is 5.60 Å². The third-order valence-electron chi connectivity index (χ3n) is 3.89. The van der Waals surface area contributed by atoms with E-state index in [0.717, 1.165) is 0 Å². The van der Waals surface area contributed by atoms with Crippen molar-refractivity contribution in [1.82, 2.24) is 9.97 Å². The van der Waals surface area contributed by atoms with Crippen LogP contribution in [0.5, 0.6) is 5.88 Å². The molecule has 1 amide bonds. The van der Waals surface area contributed by atoms with E-state index in [0.29, 0.717) is 29.0 Å². The van der Waals surface area contributed by atoms with Crippen LogP contribution in [0, 0.1) is 0 Å². The Morgan fingerprint density at radius 2 is 2.30 bits per heavy atom. The molecule has 0 fully saturated rings. The summed E-state index contributed by atoms with van der Waals surface area (Å²) in [5.74, 6) is -0.0963. The van der Waals surface area contributed by atoms with Crippen LogP contribution in [-0.4, -0.2) is 39.7 Å². The summed E-state index contributed by atoms with van der Waals surface area (Å²) in [6.07, 6.45) is 5.49. The quantitative estimate of drug-likeness (QED) is 0.729. The van der Waals surface area contributed by atoms with Gasteiger partial charge in [-0.3, -0.25) is 9.78 Å². The number of ether oxygens (including phenoxy) is 1.